The Balaban J connectivity index is 3.77. The minimum Gasteiger partial charge on any atom is -0.394 e. The van der Waals surface area contributed by atoms with Crippen molar-refractivity contribution in [2.24, 2.45) is 0 Å². The van der Waals surface area contributed by atoms with E-state index in [-0.39, 0.29) is 0 Å². The summed E-state index contributed by atoms with van der Waals surface area (Å²) in [5, 5.41) is 43.7. The largest absolute Gasteiger partial charge is 0.394 e. The SMILES string of the molecule is CCCCCCCCCC/C=C\CCCCCCCCC(O)C(=O)NC(CO)C(O)C(O)CCC/C=C/CCCCCCCCCCCCCCC. The summed E-state index contributed by atoms with van der Waals surface area (Å²) in [4.78, 5) is 12.5. The Labute approximate surface area is 323 Å². The Bertz CT molecular complexity index is 787. The van der Waals surface area contributed by atoms with Crippen LogP contribution in [0, 0.1) is 0 Å². The molecule has 1 amide bonds. The lowest BCUT2D eigenvalue weighted by molar-refractivity contribution is -0.132. The van der Waals surface area contributed by atoms with Gasteiger partial charge in [0.1, 0.15) is 12.2 Å². The summed E-state index contributed by atoms with van der Waals surface area (Å²) < 4.78 is 0. The number of amides is 1. The van der Waals surface area contributed by atoms with Crippen molar-refractivity contribution in [2.45, 2.75) is 257 Å². The van der Waals surface area contributed by atoms with Gasteiger partial charge >= 0.3 is 0 Å². The third-order valence-electron chi connectivity index (χ3n) is 10.6. The fourth-order valence-corrected chi connectivity index (χ4v) is 6.99. The van der Waals surface area contributed by atoms with Crippen LogP contribution in [0.5, 0.6) is 0 Å². The number of carbonyl (C=O) groups is 1. The maximum atomic E-state index is 12.5. The van der Waals surface area contributed by atoms with E-state index < -0.39 is 36.9 Å². The van der Waals surface area contributed by atoms with Crippen molar-refractivity contribution < 1.29 is 25.2 Å². The Hall–Kier alpha value is -1.21. The summed E-state index contributed by atoms with van der Waals surface area (Å²) in [7, 11) is 0. The van der Waals surface area contributed by atoms with Gasteiger partial charge in [-0.15, -0.1) is 0 Å². The van der Waals surface area contributed by atoms with Crippen LogP contribution in [-0.4, -0.2) is 57.3 Å². The predicted octanol–water partition coefficient (Wildman–Crippen LogP) is 12.0. The van der Waals surface area contributed by atoms with E-state index in [0.717, 1.165) is 44.9 Å². The molecule has 308 valence electrons. The summed E-state index contributed by atoms with van der Waals surface area (Å²) in [6, 6.07) is -1.00. The standard InChI is InChI=1S/C46H89NO5/c1-3-5-7-9-11-13-15-17-19-21-23-25-27-29-31-33-35-37-39-43(49)45(51)42(41-48)47-46(52)44(50)40-38-36-34-32-30-28-26-24-22-20-18-16-14-12-10-8-6-4-2/h22,24,31,33,42-45,48-51H,3-21,23,25-30,32,34-41H2,1-2H3,(H,47,52)/b24-22-,33-31+. The zero-order valence-corrected chi connectivity index (χ0v) is 34.6. The molecule has 0 aromatic carbocycles. The number of allylic oxidation sites excluding steroid dienone is 4. The van der Waals surface area contributed by atoms with Crippen LogP contribution in [0.3, 0.4) is 0 Å². The quantitative estimate of drug-likeness (QED) is 0.0317. The van der Waals surface area contributed by atoms with Crippen molar-refractivity contribution in [1.29, 1.82) is 0 Å². The summed E-state index contributed by atoms with van der Waals surface area (Å²) in [6.45, 7) is 4.04. The number of hydrogen-bond acceptors (Lipinski definition) is 5. The molecule has 52 heavy (non-hydrogen) atoms. The molecule has 6 nitrogen and oxygen atoms in total. The zero-order chi connectivity index (χ0) is 38.2. The monoisotopic (exact) mass is 736 g/mol. The fraction of sp³-hybridized carbons (Fsp3) is 0.891. The number of nitrogens with one attached hydrogen (secondary N) is 1. The lowest BCUT2D eigenvalue weighted by Crippen LogP contribution is -2.53. The zero-order valence-electron chi connectivity index (χ0n) is 34.6. The number of rotatable bonds is 41. The third-order valence-corrected chi connectivity index (χ3v) is 10.6. The second-order valence-corrected chi connectivity index (χ2v) is 15.7. The van der Waals surface area contributed by atoms with Gasteiger partial charge in [0, 0.05) is 0 Å². The van der Waals surface area contributed by atoms with Gasteiger partial charge in [0.15, 0.2) is 0 Å². The van der Waals surface area contributed by atoms with E-state index in [0.29, 0.717) is 12.8 Å². The van der Waals surface area contributed by atoms with E-state index in [1.807, 2.05) is 0 Å². The molecule has 4 unspecified atom stereocenters. The van der Waals surface area contributed by atoms with E-state index in [1.54, 1.807) is 0 Å². The van der Waals surface area contributed by atoms with Crippen LogP contribution < -0.4 is 5.32 Å². The molecule has 0 aliphatic carbocycles. The first-order chi connectivity index (χ1) is 25.5. The number of aliphatic hydroxyl groups is 4. The highest BCUT2D eigenvalue weighted by molar-refractivity contribution is 5.80. The average Bonchev–Trinajstić information content (AvgIpc) is 3.15. The summed E-state index contributed by atoms with van der Waals surface area (Å²) in [5.41, 5.74) is 0. The molecule has 0 aromatic rings. The van der Waals surface area contributed by atoms with Gasteiger partial charge in [-0.2, -0.15) is 0 Å². The van der Waals surface area contributed by atoms with Crippen LogP contribution in [0.2, 0.25) is 0 Å². The predicted molar refractivity (Wildman–Crippen MR) is 224 cm³/mol. The molecule has 0 rings (SSSR count). The van der Waals surface area contributed by atoms with Crippen molar-refractivity contribution in [2.75, 3.05) is 6.61 Å². The van der Waals surface area contributed by atoms with Crippen molar-refractivity contribution in [3.05, 3.63) is 24.3 Å². The first kappa shape index (κ1) is 50.8. The molecule has 5 N–H and O–H groups in total. The Kier molecular flexibility index (Phi) is 40.0. The van der Waals surface area contributed by atoms with E-state index in [4.69, 9.17) is 0 Å². The molecule has 0 aliphatic rings. The van der Waals surface area contributed by atoms with Gasteiger partial charge in [0.05, 0.1) is 18.8 Å². The lowest BCUT2D eigenvalue weighted by atomic mass is 10.00. The average molecular weight is 736 g/mol. The normalized spacial score (nSPS) is 14.3. The van der Waals surface area contributed by atoms with Crippen LogP contribution in [0.15, 0.2) is 24.3 Å². The van der Waals surface area contributed by atoms with Crippen molar-refractivity contribution in [3.8, 4) is 0 Å². The first-order valence-electron chi connectivity index (χ1n) is 22.7. The Morgan fingerprint density at radius 1 is 0.462 bits per heavy atom. The smallest absolute Gasteiger partial charge is 0.249 e. The van der Waals surface area contributed by atoms with E-state index in [9.17, 15) is 25.2 Å². The molecule has 0 fully saturated rings. The van der Waals surface area contributed by atoms with Gasteiger partial charge in [0.2, 0.25) is 5.91 Å². The molecular formula is C46H89NO5. The van der Waals surface area contributed by atoms with Gasteiger partial charge in [-0.1, -0.05) is 192 Å². The molecule has 4 atom stereocenters. The van der Waals surface area contributed by atoms with Gasteiger partial charge in [-0.25, -0.2) is 0 Å². The Morgan fingerprint density at radius 3 is 1.15 bits per heavy atom. The highest BCUT2D eigenvalue weighted by Crippen LogP contribution is 2.15. The van der Waals surface area contributed by atoms with Crippen LogP contribution in [-0.2, 0) is 4.79 Å². The molecule has 6 heteroatoms. The van der Waals surface area contributed by atoms with E-state index in [2.05, 4.69) is 43.5 Å². The summed E-state index contributed by atoms with van der Waals surface area (Å²) >= 11 is 0. The highest BCUT2D eigenvalue weighted by Gasteiger charge is 2.28. The molecule has 0 saturated carbocycles. The fourth-order valence-electron chi connectivity index (χ4n) is 6.99. The Morgan fingerprint density at radius 2 is 0.788 bits per heavy atom. The number of unbranched alkanes of at least 4 members (excludes halogenated alkanes) is 28. The minimum atomic E-state index is -1.28. The van der Waals surface area contributed by atoms with Crippen molar-refractivity contribution >= 4 is 5.91 Å². The molecule has 0 aliphatic heterocycles. The van der Waals surface area contributed by atoms with Crippen LogP contribution in [0.25, 0.3) is 0 Å². The molecular weight excluding hydrogens is 647 g/mol. The molecule has 0 saturated heterocycles. The van der Waals surface area contributed by atoms with Crippen molar-refractivity contribution in [3.63, 3.8) is 0 Å². The minimum absolute atomic E-state index is 0.357. The van der Waals surface area contributed by atoms with E-state index in [1.165, 1.54) is 161 Å². The van der Waals surface area contributed by atoms with Gasteiger partial charge in [-0.3, -0.25) is 4.79 Å². The number of hydrogen-bond donors (Lipinski definition) is 5. The van der Waals surface area contributed by atoms with Gasteiger partial charge in [0.25, 0.3) is 0 Å². The number of aliphatic hydroxyl groups excluding tert-OH is 4. The summed E-state index contributed by atoms with van der Waals surface area (Å²) in [5.74, 6) is -0.597. The molecule has 0 aromatic heterocycles. The van der Waals surface area contributed by atoms with E-state index >= 15 is 0 Å². The highest BCUT2D eigenvalue weighted by atomic mass is 16.3. The maximum absolute atomic E-state index is 12.5. The van der Waals surface area contributed by atoms with Gasteiger partial charge in [-0.05, 0) is 64.2 Å². The van der Waals surface area contributed by atoms with Crippen LogP contribution in [0.4, 0.5) is 0 Å². The van der Waals surface area contributed by atoms with Crippen molar-refractivity contribution in [1.82, 2.24) is 5.32 Å². The lowest BCUT2D eigenvalue weighted by Gasteiger charge is -2.27. The molecule has 0 spiro atoms. The van der Waals surface area contributed by atoms with Gasteiger partial charge < -0.3 is 25.7 Å². The number of carbonyl (C=O) groups excluding carboxylic acids is 1. The first-order valence-corrected chi connectivity index (χ1v) is 22.7. The van der Waals surface area contributed by atoms with Crippen LogP contribution >= 0.6 is 0 Å². The third kappa shape index (κ3) is 34.6. The maximum Gasteiger partial charge on any atom is 0.249 e. The second-order valence-electron chi connectivity index (χ2n) is 15.7. The molecule has 0 radical (unpaired) electrons. The molecule has 0 bridgehead atoms. The van der Waals surface area contributed by atoms with Crippen LogP contribution in [0.1, 0.15) is 232 Å². The summed E-state index contributed by atoms with van der Waals surface area (Å²) in [6.07, 6.45) is 46.4. The topological polar surface area (TPSA) is 110 Å². The molecule has 0 heterocycles. The second kappa shape index (κ2) is 41.0.